The molecule has 1 amide bonds. The maximum Gasteiger partial charge on any atom is 0.303 e. The Balaban J connectivity index is 2.46. The van der Waals surface area contributed by atoms with Gasteiger partial charge >= 0.3 is 5.97 Å². The fourth-order valence-corrected chi connectivity index (χ4v) is 2.26. The van der Waals surface area contributed by atoms with Gasteiger partial charge in [-0.05, 0) is 23.1 Å². The Hall–Kier alpha value is -1.36. The summed E-state index contributed by atoms with van der Waals surface area (Å²) in [5.41, 5.74) is 0.464. The second-order valence-corrected chi connectivity index (χ2v) is 6.23. The smallest absolute Gasteiger partial charge is 0.303 e. The lowest BCUT2D eigenvalue weighted by Crippen LogP contribution is -2.29. The largest absolute Gasteiger partial charge is 0.481 e. The fourth-order valence-electron chi connectivity index (χ4n) is 1.82. The van der Waals surface area contributed by atoms with Crippen LogP contribution in [0.25, 0.3) is 0 Å². The number of nitrogens with one attached hydrogen (secondary N) is 1. The van der Waals surface area contributed by atoms with Gasteiger partial charge in [0, 0.05) is 17.4 Å². The zero-order chi connectivity index (χ0) is 14.5. The van der Waals surface area contributed by atoms with Gasteiger partial charge < -0.3 is 10.4 Å². The Morgan fingerprint density at radius 2 is 2.00 bits per heavy atom. The van der Waals surface area contributed by atoms with Gasteiger partial charge in [0.2, 0.25) is 5.91 Å². The highest BCUT2D eigenvalue weighted by molar-refractivity contribution is 9.10. The van der Waals surface area contributed by atoms with Crippen LogP contribution in [0.5, 0.6) is 0 Å². The van der Waals surface area contributed by atoms with Crippen molar-refractivity contribution < 1.29 is 14.7 Å². The highest BCUT2D eigenvalue weighted by atomic mass is 79.9. The van der Waals surface area contributed by atoms with Gasteiger partial charge in [0.1, 0.15) is 0 Å². The zero-order valence-electron chi connectivity index (χ0n) is 11.1. The molecule has 1 aromatic rings. The molecule has 0 aliphatic carbocycles. The standard InChI is InChI=1S/C14H18BrNO3/c1-14(2,8-13(18)19)7-12(17)16-9-10-4-3-5-11(15)6-10/h3-6H,7-9H2,1-2H3,(H,16,17)(H,18,19). The van der Waals surface area contributed by atoms with Crippen molar-refractivity contribution in [2.24, 2.45) is 5.41 Å². The van der Waals surface area contributed by atoms with Crippen molar-refractivity contribution >= 4 is 27.8 Å². The molecule has 1 aromatic carbocycles. The quantitative estimate of drug-likeness (QED) is 0.844. The molecule has 0 fully saturated rings. The van der Waals surface area contributed by atoms with E-state index in [9.17, 15) is 9.59 Å². The Labute approximate surface area is 121 Å². The maximum absolute atomic E-state index is 11.8. The molecule has 0 saturated carbocycles. The monoisotopic (exact) mass is 327 g/mol. The van der Waals surface area contributed by atoms with E-state index in [1.807, 2.05) is 24.3 Å². The SMILES string of the molecule is CC(C)(CC(=O)O)CC(=O)NCc1cccc(Br)c1. The summed E-state index contributed by atoms with van der Waals surface area (Å²) >= 11 is 3.37. The molecule has 2 N–H and O–H groups in total. The third-order valence-electron chi connectivity index (χ3n) is 2.65. The molecule has 4 nitrogen and oxygen atoms in total. The van der Waals surface area contributed by atoms with Crippen LogP contribution in [0.3, 0.4) is 0 Å². The highest BCUT2D eigenvalue weighted by Crippen LogP contribution is 2.24. The van der Waals surface area contributed by atoms with Crippen molar-refractivity contribution in [3.05, 3.63) is 34.3 Å². The van der Waals surface area contributed by atoms with Crippen LogP contribution in [0.15, 0.2) is 28.7 Å². The molecule has 0 aromatic heterocycles. The molecule has 0 saturated heterocycles. The Morgan fingerprint density at radius 1 is 1.32 bits per heavy atom. The molecule has 0 bridgehead atoms. The molecular weight excluding hydrogens is 310 g/mol. The van der Waals surface area contributed by atoms with E-state index in [1.54, 1.807) is 13.8 Å². The fraction of sp³-hybridized carbons (Fsp3) is 0.429. The van der Waals surface area contributed by atoms with Crippen molar-refractivity contribution in [2.75, 3.05) is 0 Å². The average molecular weight is 328 g/mol. The van der Waals surface area contributed by atoms with Crippen LogP contribution >= 0.6 is 15.9 Å². The molecule has 104 valence electrons. The summed E-state index contributed by atoms with van der Waals surface area (Å²) < 4.78 is 0.963. The van der Waals surface area contributed by atoms with E-state index in [4.69, 9.17) is 5.11 Å². The van der Waals surface area contributed by atoms with Crippen LogP contribution in [0.2, 0.25) is 0 Å². The predicted molar refractivity (Wildman–Crippen MR) is 76.6 cm³/mol. The molecule has 0 spiro atoms. The first-order valence-electron chi connectivity index (χ1n) is 6.01. The summed E-state index contributed by atoms with van der Waals surface area (Å²) in [5, 5.41) is 11.6. The Kier molecular flexibility index (Phi) is 5.54. The number of carboxylic acids is 1. The Bertz CT molecular complexity index is 472. The van der Waals surface area contributed by atoms with E-state index in [1.165, 1.54) is 0 Å². The predicted octanol–water partition coefficient (Wildman–Crippen LogP) is 2.96. The van der Waals surface area contributed by atoms with Gasteiger partial charge in [0.05, 0.1) is 6.42 Å². The summed E-state index contributed by atoms with van der Waals surface area (Å²) in [4.78, 5) is 22.5. The molecule has 0 atom stereocenters. The molecule has 0 aliphatic rings. The van der Waals surface area contributed by atoms with Crippen molar-refractivity contribution in [2.45, 2.75) is 33.2 Å². The van der Waals surface area contributed by atoms with E-state index in [2.05, 4.69) is 21.2 Å². The van der Waals surface area contributed by atoms with Gasteiger partial charge in [-0.2, -0.15) is 0 Å². The first-order chi connectivity index (χ1) is 8.78. The van der Waals surface area contributed by atoms with E-state index >= 15 is 0 Å². The van der Waals surface area contributed by atoms with Crippen LogP contribution in [0.4, 0.5) is 0 Å². The van der Waals surface area contributed by atoms with Crippen LogP contribution in [0, 0.1) is 5.41 Å². The number of hydrogen-bond acceptors (Lipinski definition) is 2. The topological polar surface area (TPSA) is 66.4 Å². The van der Waals surface area contributed by atoms with Crippen molar-refractivity contribution in [3.8, 4) is 0 Å². The number of carbonyl (C=O) groups excluding carboxylic acids is 1. The first-order valence-corrected chi connectivity index (χ1v) is 6.81. The van der Waals surface area contributed by atoms with E-state index < -0.39 is 11.4 Å². The molecule has 1 rings (SSSR count). The van der Waals surface area contributed by atoms with Crippen molar-refractivity contribution in [1.82, 2.24) is 5.32 Å². The first kappa shape index (κ1) is 15.7. The number of benzene rings is 1. The summed E-state index contributed by atoms with van der Waals surface area (Å²) in [6.07, 6.45) is 0.185. The minimum Gasteiger partial charge on any atom is -0.481 e. The summed E-state index contributed by atoms with van der Waals surface area (Å²) in [5.74, 6) is -1.02. The number of hydrogen-bond donors (Lipinski definition) is 2. The lowest BCUT2D eigenvalue weighted by atomic mass is 9.85. The molecule has 0 heterocycles. The van der Waals surface area contributed by atoms with E-state index in [-0.39, 0.29) is 18.7 Å². The Morgan fingerprint density at radius 3 is 2.58 bits per heavy atom. The summed E-state index contributed by atoms with van der Waals surface area (Å²) in [6, 6.07) is 7.68. The van der Waals surface area contributed by atoms with Gasteiger partial charge in [0.15, 0.2) is 0 Å². The summed E-state index contributed by atoms with van der Waals surface area (Å²) in [6.45, 7) is 4.00. The van der Waals surface area contributed by atoms with Gasteiger partial charge in [-0.3, -0.25) is 9.59 Å². The molecule has 0 radical (unpaired) electrons. The second-order valence-electron chi connectivity index (χ2n) is 5.32. The number of aliphatic carboxylic acids is 1. The van der Waals surface area contributed by atoms with Gasteiger partial charge in [-0.25, -0.2) is 0 Å². The number of carboxylic acid groups (broad SMARTS) is 1. The van der Waals surface area contributed by atoms with Gasteiger partial charge in [-0.15, -0.1) is 0 Å². The van der Waals surface area contributed by atoms with E-state index in [0.29, 0.717) is 6.54 Å². The number of rotatable bonds is 6. The van der Waals surface area contributed by atoms with Crippen LogP contribution in [-0.4, -0.2) is 17.0 Å². The molecular formula is C14H18BrNO3. The van der Waals surface area contributed by atoms with Crippen molar-refractivity contribution in [1.29, 1.82) is 0 Å². The normalized spacial score (nSPS) is 11.1. The third-order valence-corrected chi connectivity index (χ3v) is 3.14. The van der Waals surface area contributed by atoms with Crippen LogP contribution < -0.4 is 5.32 Å². The highest BCUT2D eigenvalue weighted by Gasteiger charge is 2.24. The number of carbonyl (C=O) groups is 2. The van der Waals surface area contributed by atoms with Crippen molar-refractivity contribution in [3.63, 3.8) is 0 Å². The minimum atomic E-state index is -0.884. The number of amides is 1. The minimum absolute atomic E-state index is 0.0166. The molecule has 5 heteroatoms. The molecule has 19 heavy (non-hydrogen) atoms. The lowest BCUT2D eigenvalue weighted by Gasteiger charge is -2.21. The third kappa shape index (κ3) is 6.38. The van der Waals surface area contributed by atoms with E-state index in [0.717, 1.165) is 10.0 Å². The average Bonchev–Trinajstić information content (AvgIpc) is 2.24. The van der Waals surface area contributed by atoms with Gasteiger partial charge in [-0.1, -0.05) is 41.9 Å². The van der Waals surface area contributed by atoms with Crippen LogP contribution in [0.1, 0.15) is 32.3 Å². The maximum atomic E-state index is 11.8. The van der Waals surface area contributed by atoms with Crippen LogP contribution in [-0.2, 0) is 16.1 Å². The van der Waals surface area contributed by atoms with Gasteiger partial charge in [0.25, 0.3) is 0 Å². The summed E-state index contributed by atoms with van der Waals surface area (Å²) in [7, 11) is 0. The number of halogens is 1. The molecule has 0 unspecified atom stereocenters. The lowest BCUT2D eigenvalue weighted by molar-refractivity contribution is -0.139. The zero-order valence-corrected chi connectivity index (χ0v) is 12.7. The second kappa shape index (κ2) is 6.70. The molecule has 0 aliphatic heterocycles.